The Balaban J connectivity index is 1.85. The van der Waals surface area contributed by atoms with E-state index in [0.29, 0.717) is 19.5 Å². The number of carboxylic acid groups (broad SMARTS) is 1. The lowest BCUT2D eigenvalue weighted by Crippen LogP contribution is -2.28. The number of carbonyl (C=O) groups is 1. The number of aromatic nitrogens is 1. The van der Waals surface area contributed by atoms with Gasteiger partial charge in [-0.2, -0.15) is 0 Å². The van der Waals surface area contributed by atoms with Crippen molar-refractivity contribution in [3.8, 4) is 10.6 Å². The van der Waals surface area contributed by atoms with Crippen molar-refractivity contribution < 1.29 is 9.90 Å². The first-order chi connectivity index (χ1) is 10.4. The standard InChI is InChI=1S/C17H22N2O2S/c1-12-4-6-13(7-5-12)15-19-14(11-22-15)10-18-9-8-17(2,3)16(20)21/h4-7,11,18H,8-10H2,1-3H3,(H,20,21). The summed E-state index contributed by atoms with van der Waals surface area (Å²) < 4.78 is 0. The third kappa shape index (κ3) is 4.39. The zero-order chi connectivity index (χ0) is 16.2. The average Bonchev–Trinajstić information content (AvgIpc) is 2.93. The van der Waals surface area contributed by atoms with E-state index in [1.807, 2.05) is 5.38 Å². The second-order valence-electron chi connectivity index (χ2n) is 6.13. The van der Waals surface area contributed by atoms with Crippen LogP contribution in [0.2, 0.25) is 0 Å². The molecule has 0 atom stereocenters. The lowest BCUT2D eigenvalue weighted by molar-refractivity contribution is -0.147. The van der Waals surface area contributed by atoms with Crippen molar-refractivity contribution in [3.05, 3.63) is 40.9 Å². The van der Waals surface area contributed by atoms with Gasteiger partial charge in [0.2, 0.25) is 0 Å². The highest BCUT2D eigenvalue weighted by Gasteiger charge is 2.26. The Labute approximate surface area is 135 Å². The van der Waals surface area contributed by atoms with Gasteiger partial charge in [0, 0.05) is 17.5 Å². The maximum Gasteiger partial charge on any atom is 0.309 e. The topological polar surface area (TPSA) is 62.2 Å². The van der Waals surface area contributed by atoms with E-state index in [0.717, 1.165) is 16.3 Å². The van der Waals surface area contributed by atoms with Crippen LogP contribution in [0, 0.1) is 12.3 Å². The van der Waals surface area contributed by atoms with Crippen molar-refractivity contribution >= 4 is 17.3 Å². The fourth-order valence-electron chi connectivity index (χ4n) is 1.94. The predicted molar refractivity (Wildman–Crippen MR) is 90.0 cm³/mol. The minimum atomic E-state index is -0.760. The van der Waals surface area contributed by atoms with Crippen molar-refractivity contribution in [1.29, 1.82) is 0 Å². The third-order valence-electron chi connectivity index (χ3n) is 3.66. The van der Waals surface area contributed by atoms with Crippen molar-refractivity contribution in [1.82, 2.24) is 10.3 Å². The highest BCUT2D eigenvalue weighted by atomic mass is 32.1. The van der Waals surface area contributed by atoms with Crippen molar-refractivity contribution in [3.63, 3.8) is 0 Å². The van der Waals surface area contributed by atoms with Crippen LogP contribution in [-0.2, 0) is 11.3 Å². The highest BCUT2D eigenvalue weighted by Crippen LogP contribution is 2.24. The lowest BCUT2D eigenvalue weighted by Gasteiger charge is -2.18. The van der Waals surface area contributed by atoms with Crippen LogP contribution in [0.5, 0.6) is 0 Å². The highest BCUT2D eigenvalue weighted by molar-refractivity contribution is 7.13. The Hall–Kier alpha value is -1.72. The number of rotatable bonds is 7. The Bertz CT molecular complexity index is 632. The molecule has 0 unspecified atom stereocenters. The lowest BCUT2D eigenvalue weighted by atomic mass is 9.90. The van der Waals surface area contributed by atoms with Crippen LogP contribution in [0.4, 0.5) is 0 Å². The molecule has 118 valence electrons. The molecule has 2 N–H and O–H groups in total. The molecule has 1 heterocycles. The number of nitrogens with one attached hydrogen (secondary N) is 1. The molecule has 0 saturated carbocycles. The summed E-state index contributed by atoms with van der Waals surface area (Å²) in [6, 6.07) is 8.34. The van der Waals surface area contributed by atoms with Gasteiger partial charge in [-0.15, -0.1) is 11.3 Å². The molecule has 0 spiro atoms. The summed E-state index contributed by atoms with van der Waals surface area (Å²) in [5.41, 5.74) is 2.67. The smallest absolute Gasteiger partial charge is 0.309 e. The molecule has 4 nitrogen and oxygen atoms in total. The summed E-state index contributed by atoms with van der Waals surface area (Å²) in [5.74, 6) is -0.760. The van der Waals surface area contributed by atoms with Gasteiger partial charge < -0.3 is 10.4 Å². The van der Waals surface area contributed by atoms with Gasteiger partial charge in [-0.25, -0.2) is 4.98 Å². The molecular weight excluding hydrogens is 296 g/mol. The number of hydrogen-bond acceptors (Lipinski definition) is 4. The van der Waals surface area contributed by atoms with Crippen molar-refractivity contribution in [2.75, 3.05) is 6.54 Å². The number of nitrogens with zero attached hydrogens (tertiary/aromatic N) is 1. The van der Waals surface area contributed by atoms with Crippen LogP contribution < -0.4 is 5.32 Å². The molecule has 0 amide bonds. The maximum absolute atomic E-state index is 11.0. The Morgan fingerprint density at radius 2 is 2.00 bits per heavy atom. The fourth-order valence-corrected chi connectivity index (χ4v) is 2.77. The molecule has 0 aliphatic heterocycles. The van der Waals surface area contributed by atoms with Gasteiger partial charge in [-0.05, 0) is 33.7 Å². The van der Waals surface area contributed by atoms with Gasteiger partial charge in [0.1, 0.15) is 5.01 Å². The van der Waals surface area contributed by atoms with E-state index in [-0.39, 0.29) is 0 Å². The minimum absolute atomic E-state index is 0.595. The molecule has 2 rings (SSSR count). The molecule has 1 aromatic heterocycles. The van der Waals surface area contributed by atoms with Crippen LogP contribution in [0.25, 0.3) is 10.6 Å². The van der Waals surface area contributed by atoms with E-state index >= 15 is 0 Å². The van der Waals surface area contributed by atoms with Gasteiger partial charge >= 0.3 is 5.97 Å². The molecule has 0 fully saturated rings. The maximum atomic E-state index is 11.0. The van der Waals surface area contributed by atoms with E-state index in [1.54, 1.807) is 25.2 Å². The fraction of sp³-hybridized carbons (Fsp3) is 0.412. The van der Waals surface area contributed by atoms with Crippen LogP contribution in [0.3, 0.4) is 0 Å². The van der Waals surface area contributed by atoms with Crippen LogP contribution >= 0.6 is 11.3 Å². The van der Waals surface area contributed by atoms with Gasteiger partial charge in [-0.1, -0.05) is 29.8 Å². The van der Waals surface area contributed by atoms with Crippen molar-refractivity contribution in [2.24, 2.45) is 5.41 Å². The summed E-state index contributed by atoms with van der Waals surface area (Å²) in [7, 11) is 0. The zero-order valence-electron chi connectivity index (χ0n) is 13.2. The number of hydrogen-bond donors (Lipinski definition) is 2. The number of thiazole rings is 1. The van der Waals surface area contributed by atoms with E-state index in [1.165, 1.54) is 5.56 Å². The molecule has 22 heavy (non-hydrogen) atoms. The molecule has 0 bridgehead atoms. The molecule has 0 aliphatic carbocycles. The van der Waals surface area contributed by atoms with Crippen LogP contribution in [0.1, 0.15) is 31.5 Å². The summed E-state index contributed by atoms with van der Waals surface area (Å²) in [6.45, 7) is 6.89. The second-order valence-corrected chi connectivity index (χ2v) is 6.98. The molecular formula is C17H22N2O2S. The number of carboxylic acids is 1. The first-order valence-corrected chi connectivity index (χ1v) is 8.22. The summed E-state index contributed by atoms with van der Waals surface area (Å²) >= 11 is 1.63. The zero-order valence-corrected chi connectivity index (χ0v) is 14.0. The molecule has 0 aliphatic rings. The summed E-state index contributed by atoms with van der Waals surface area (Å²) in [6.07, 6.45) is 0.595. The molecule has 1 aromatic carbocycles. The predicted octanol–water partition coefficient (Wildman–Crippen LogP) is 3.71. The first kappa shape index (κ1) is 16.6. The second kappa shape index (κ2) is 7.03. The average molecular weight is 318 g/mol. The van der Waals surface area contributed by atoms with Gasteiger partial charge in [-0.3, -0.25) is 4.79 Å². The molecule has 0 radical (unpaired) electrons. The Morgan fingerprint density at radius 1 is 1.32 bits per heavy atom. The number of benzene rings is 1. The van der Waals surface area contributed by atoms with E-state index in [2.05, 4.69) is 41.5 Å². The van der Waals surface area contributed by atoms with E-state index in [9.17, 15) is 4.79 Å². The SMILES string of the molecule is Cc1ccc(-c2nc(CNCCC(C)(C)C(=O)O)cs2)cc1. The third-order valence-corrected chi connectivity index (χ3v) is 4.60. The van der Waals surface area contributed by atoms with Crippen LogP contribution in [-0.4, -0.2) is 22.6 Å². The Morgan fingerprint density at radius 3 is 2.64 bits per heavy atom. The van der Waals surface area contributed by atoms with Gasteiger partial charge in [0.25, 0.3) is 0 Å². The van der Waals surface area contributed by atoms with Crippen LogP contribution in [0.15, 0.2) is 29.6 Å². The van der Waals surface area contributed by atoms with Gasteiger partial charge in [0.15, 0.2) is 0 Å². The first-order valence-electron chi connectivity index (χ1n) is 7.34. The largest absolute Gasteiger partial charge is 0.481 e. The molecule has 5 heteroatoms. The van der Waals surface area contributed by atoms with Crippen molar-refractivity contribution in [2.45, 2.75) is 33.7 Å². The Kier molecular flexibility index (Phi) is 5.32. The summed E-state index contributed by atoms with van der Waals surface area (Å²) in [5, 5.41) is 15.4. The number of aliphatic carboxylic acids is 1. The number of aryl methyl sites for hydroxylation is 1. The summed E-state index contributed by atoms with van der Waals surface area (Å²) in [4.78, 5) is 15.6. The normalized spacial score (nSPS) is 11.6. The van der Waals surface area contributed by atoms with E-state index in [4.69, 9.17) is 5.11 Å². The van der Waals surface area contributed by atoms with Gasteiger partial charge in [0.05, 0.1) is 11.1 Å². The molecule has 2 aromatic rings. The quantitative estimate of drug-likeness (QED) is 0.764. The monoisotopic (exact) mass is 318 g/mol. The minimum Gasteiger partial charge on any atom is -0.481 e. The molecule has 0 saturated heterocycles. The van der Waals surface area contributed by atoms with E-state index < -0.39 is 11.4 Å².